The first-order valence-corrected chi connectivity index (χ1v) is 10.3. The van der Waals surface area contributed by atoms with Gasteiger partial charge in [0.2, 0.25) is 11.8 Å². The summed E-state index contributed by atoms with van der Waals surface area (Å²) in [5.41, 5.74) is 2.60. The van der Waals surface area contributed by atoms with Crippen LogP contribution in [0.1, 0.15) is 31.2 Å². The molecular weight excluding hydrogens is 390 g/mol. The number of carbonyl (C=O) groups is 2. The molecule has 2 unspecified atom stereocenters. The molecule has 5 nitrogen and oxygen atoms in total. The molecule has 1 aliphatic carbocycles. The van der Waals surface area contributed by atoms with E-state index in [0.717, 1.165) is 30.5 Å². The predicted molar refractivity (Wildman–Crippen MR) is 110 cm³/mol. The Bertz CT molecular complexity index is 917. The molecule has 2 aliphatic rings. The van der Waals surface area contributed by atoms with Gasteiger partial charge in [0.25, 0.3) is 0 Å². The highest BCUT2D eigenvalue weighted by atomic mass is 19.3. The van der Waals surface area contributed by atoms with Crippen molar-refractivity contribution in [1.29, 1.82) is 0 Å². The molecule has 0 aromatic heterocycles. The Hall–Kier alpha value is -2.96. The molecule has 2 atom stereocenters. The number of halogens is 2. The molecule has 1 saturated carbocycles. The summed E-state index contributed by atoms with van der Waals surface area (Å²) in [6, 6.07) is 13.7. The van der Waals surface area contributed by atoms with Gasteiger partial charge in [-0.2, -0.15) is 8.78 Å². The molecule has 1 fully saturated rings. The van der Waals surface area contributed by atoms with E-state index in [2.05, 4.69) is 10.1 Å². The number of para-hydroxylation sites is 1. The maximum Gasteiger partial charge on any atom is 0.387 e. The van der Waals surface area contributed by atoms with E-state index in [0.29, 0.717) is 25.1 Å². The average molecular weight is 414 g/mol. The number of nitrogens with zero attached hydrogens (tertiary/aromatic N) is 1. The van der Waals surface area contributed by atoms with E-state index < -0.39 is 12.5 Å². The number of fused-ring (bicyclic) bond motifs is 1. The number of hydrogen-bond acceptors (Lipinski definition) is 3. The molecule has 2 amide bonds. The lowest BCUT2D eigenvalue weighted by Gasteiger charge is -2.32. The van der Waals surface area contributed by atoms with Crippen molar-refractivity contribution in [1.82, 2.24) is 0 Å². The van der Waals surface area contributed by atoms with Crippen molar-refractivity contribution in [2.45, 2.75) is 38.7 Å². The molecule has 4 rings (SSSR count). The minimum Gasteiger partial charge on any atom is -0.435 e. The zero-order chi connectivity index (χ0) is 21.1. The molecule has 2 aromatic rings. The van der Waals surface area contributed by atoms with Gasteiger partial charge in [-0.25, -0.2) is 0 Å². The van der Waals surface area contributed by atoms with E-state index in [1.54, 1.807) is 0 Å². The molecular formula is C23H24F2N2O3. The highest BCUT2D eigenvalue weighted by molar-refractivity contribution is 6.02. The summed E-state index contributed by atoms with van der Waals surface area (Å²) < 4.78 is 28.9. The smallest absolute Gasteiger partial charge is 0.387 e. The van der Waals surface area contributed by atoms with Crippen LogP contribution in [0.4, 0.5) is 20.2 Å². The van der Waals surface area contributed by atoms with E-state index in [1.807, 2.05) is 29.2 Å². The fraction of sp³-hybridized carbons (Fsp3) is 0.391. The van der Waals surface area contributed by atoms with Gasteiger partial charge in [-0.1, -0.05) is 31.0 Å². The van der Waals surface area contributed by atoms with Gasteiger partial charge in [0, 0.05) is 23.8 Å². The number of ether oxygens (including phenoxy) is 1. The normalized spacial score (nSPS) is 20.7. The molecule has 0 radical (unpaired) electrons. The van der Waals surface area contributed by atoms with Gasteiger partial charge in [0.15, 0.2) is 0 Å². The zero-order valence-corrected chi connectivity index (χ0v) is 16.5. The fourth-order valence-corrected chi connectivity index (χ4v) is 4.46. The van der Waals surface area contributed by atoms with Crippen molar-refractivity contribution in [3.8, 4) is 5.75 Å². The minimum atomic E-state index is -2.89. The topological polar surface area (TPSA) is 58.6 Å². The van der Waals surface area contributed by atoms with Crippen LogP contribution < -0.4 is 15.0 Å². The molecule has 0 bridgehead atoms. The fourth-order valence-electron chi connectivity index (χ4n) is 4.46. The first-order valence-electron chi connectivity index (χ1n) is 10.3. The summed E-state index contributed by atoms with van der Waals surface area (Å²) in [5, 5.41) is 2.83. The highest BCUT2D eigenvalue weighted by Crippen LogP contribution is 2.36. The Morgan fingerprint density at radius 2 is 1.70 bits per heavy atom. The van der Waals surface area contributed by atoms with E-state index >= 15 is 0 Å². The molecule has 30 heavy (non-hydrogen) atoms. The summed E-state index contributed by atoms with van der Waals surface area (Å²) in [5.74, 6) is -0.924. The average Bonchev–Trinajstić information content (AvgIpc) is 3.18. The number of benzene rings is 2. The van der Waals surface area contributed by atoms with Crippen LogP contribution in [0.25, 0.3) is 0 Å². The number of anilines is 2. The second-order valence-electron chi connectivity index (χ2n) is 7.76. The monoisotopic (exact) mass is 414 g/mol. The van der Waals surface area contributed by atoms with Crippen LogP contribution >= 0.6 is 0 Å². The van der Waals surface area contributed by atoms with Crippen LogP contribution in [0.15, 0.2) is 48.5 Å². The maximum atomic E-state index is 13.3. The number of amides is 2. The third-order valence-corrected chi connectivity index (χ3v) is 5.92. The van der Waals surface area contributed by atoms with Crippen LogP contribution in [-0.4, -0.2) is 25.0 Å². The van der Waals surface area contributed by atoms with E-state index in [1.165, 1.54) is 24.3 Å². The summed E-state index contributed by atoms with van der Waals surface area (Å²) in [4.78, 5) is 28.1. The Morgan fingerprint density at radius 1 is 1.00 bits per heavy atom. The first-order chi connectivity index (χ1) is 14.5. The lowest BCUT2D eigenvalue weighted by Crippen LogP contribution is -2.43. The first kappa shape index (κ1) is 20.3. The lowest BCUT2D eigenvalue weighted by molar-refractivity contribution is -0.132. The van der Waals surface area contributed by atoms with Gasteiger partial charge in [-0.3, -0.25) is 9.59 Å². The van der Waals surface area contributed by atoms with Gasteiger partial charge < -0.3 is 15.0 Å². The van der Waals surface area contributed by atoms with E-state index in [-0.39, 0.29) is 23.5 Å². The highest BCUT2D eigenvalue weighted by Gasteiger charge is 2.39. The minimum absolute atomic E-state index is 0.0143. The molecule has 0 saturated heterocycles. The molecule has 158 valence electrons. The van der Waals surface area contributed by atoms with Crippen molar-refractivity contribution in [2.24, 2.45) is 11.8 Å². The molecule has 1 N–H and O–H groups in total. The van der Waals surface area contributed by atoms with Crippen LogP contribution in [0.3, 0.4) is 0 Å². The van der Waals surface area contributed by atoms with Crippen LogP contribution in [0, 0.1) is 11.8 Å². The summed E-state index contributed by atoms with van der Waals surface area (Å²) >= 11 is 0. The van der Waals surface area contributed by atoms with Crippen LogP contribution in [-0.2, 0) is 16.0 Å². The number of alkyl halides is 2. The number of rotatable bonds is 5. The second-order valence-corrected chi connectivity index (χ2v) is 7.76. The Balaban J connectivity index is 1.45. The van der Waals surface area contributed by atoms with Gasteiger partial charge in [-0.15, -0.1) is 0 Å². The second kappa shape index (κ2) is 8.81. The van der Waals surface area contributed by atoms with Crippen molar-refractivity contribution in [2.75, 3.05) is 16.8 Å². The lowest BCUT2D eigenvalue weighted by atomic mass is 9.77. The van der Waals surface area contributed by atoms with E-state index in [9.17, 15) is 18.4 Å². The molecule has 1 aliphatic heterocycles. The molecule has 1 heterocycles. The Kier molecular flexibility index (Phi) is 5.97. The van der Waals surface area contributed by atoms with Gasteiger partial charge >= 0.3 is 6.61 Å². The zero-order valence-electron chi connectivity index (χ0n) is 16.5. The van der Waals surface area contributed by atoms with Crippen LogP contribution in [0.2, 0.25) is 0 Å². The third kappa shape index (κ3) is 4.30. The summed E-state index contributed by atoms with van der Waals surface area (Å²) in [6.07, 6.45) is 4.01. The van der Waals surface area contributed by atoms with Crippen molar-refractivity contribution >= 4 is 23.2 Å². The number of nitrogens with one attached hydrogen (secondary N) is 1. The standard InChI is InChI=1S/C23H24F2N2O3/c24-23(25)30-17-11-9-16(10-12-17)26-21(28)18-6-2-3-7-19(18)22(29)27-14-13-15-5-1-4-8-20(15)27/h1,4-5,8-12,18-19,23H,2-3,6-7,13-14H2,(H,26,28). The van der Waals surface area contributed by atoms with E-state index in [4.69, 9.17) is 0 Å². The van der Waals surface area contributed by atoms with Crippen molar-refractivity contribution in [3.05, 3.63) is 54.1 Å². The largest absolute Gasteiger partial charge is 0.435 e. The van der Waals surface area contributed by atoms with Crippen LogP contribution in [0.5, 0.6) is 5.75 Å². The maximum absolute atomic E-state index is 13.3. The van der Waals surface area contributed by atoms with Crippen molar-refractivity contribution in [3.63, 3.8) is 0 Å². The van der Waals surface area contributed by atoms with Crippen molar-refractivity contribution < 1.29 is 23.1 Å². The SMILES string of the molecule is O=C(Nc1ccc(OC(F)F)cc1)C1CCCCC1C(=O)N1CCc2ccccc21. The number of carbonyl (C=O) groups excluding carboxylic acids is 2. The quantitative estimate of drug-likeness (QED) is 0.777. The number of hydrogen-bond donors (Lipinski definition) is 1. The molecule has 7 heteroatoms. The molecule has 2 aromatic carbocycles. The Morgan fingerprint density at radius 3 is 2.43 bits per heavy atom. The van der Waals surface area contributed by atoms with Gasteiger partial charge in [0.05, 0.1) is 5.92 Å². The Labute approximate surface area is 174 Å². The predicted octanol–water partition coefficient (Wildman–Crippen LogP) is 4.62. The van der Waals surface area contributed by atoms with Gasteiger partial charge in [0.1, 0.15) is 5.75 Å². The summed E-state index contributed by atoms with van der Waals surface area (Å²) in [6.45, 7) is -2.25. The summed E-state index contributed by atoms with van der Waals surface area (Å²) in [7, 11) is 0. The molecule has 0 spiro atoms. The van der Waals surface area contributed by atoms with Gasteiger partial charge in [-0.05, 0) is 55.2 Å². The third-order valence-electron chi connectivity index (χ3n) is 5.92.